The zero-order chi connectivity index (χ0) is 14.7. The van der Waals surface area contributed by atoms with E-state index in [0.717, 1.165) is 31.2 Å². The highest BCUT2D eigenvalue weighted by Crippen LogP contribution is 2.38. The van der Waals surface area contributed by atoms with Gasteiger partial charge in [-0.15, -0.1) is 0 Å². The van der Waals surface area contributed by atoms with Gasteiger partial charge >= 0.3 is 0 Å². The summed E-state index contributed by atoms with van der Waals surface area (Å²) in [4.78, 5) is 0. The fourth-order valence-corrected chi connectivity index (χ4v) is 3.58. The Kier molecular flexibility index (Phi) is 5.50. The molecule has 2 rings (SSSR count). The van der Waals surface area contributed by atoms with Gasteiger partial charge in [0.25, 0.3) is 0 Å². The maximum absolute atomic E-state index is 5.78. The normalized spacial score (nSPS) is 16.7. The van der Waals surface area contributed by atoms with Crippen LogP contribution >= 0.6 is 15.9 Å². The van der Waals surface area contributed by atoms with E-state index in [1.165, 1.54) is 34.0 Å². The van der Waals surface area contributed by atoms with Gasteiger partial charge in [0, 0.05) is 4.47 Å². The first kappa shape index (κ1) is 15.8. The van der Waals surface area contributed by atoms with Crippen molar-refractivity contribution in [3.63, 3.8) is 0 Å². The van der Waals surface area contributed by atoms with Crippen LogP contribution in [0.3, 0.4) is 0 Å². The fraction of sp³-hybridized carbons (Fsp3) is 0.647. The SMILES string of the molecule is COc1c(C(C)C)cc(Br)c(C)c1CC1CCNCC1. The molecular formula is C17H26BrNO. The third-order valence-electron chi connectivity index (χ3n) is 4.41. The standard InChI is InChI=1S/C17H26BrNO/c1-11(2)14-10-16(18)12(3)15(17(14)20-4)9-13-5-7-19-8-6-13/h10-11,13,19H,5-9H2,1-4H3. The minimum Gasteiger partial charge on any atom is -0.496 e. The molecule has 3 heteroatoms. The number of methoxy groups -OCH3 is 1. The van der Waals surface area contributed by atoms with E-state index in [0.29, 0.717) is 5.92 Å². The van der Waals surface area contributed by atoms with Crippen LogP contribution < -0.4 is 10.1 Å². The summed E-state index contributed by atoms with van der Waals surface area (Å²) in [6.45, 7) is 8.96. The second-order valence-electron chi connectivity index (χ2n) is 6.14. The molecule has 0 radical (unpaired) electrons. The number of halogens is 1. The number of hydrogen-bond acceptors (Lipinski definition) is 2. The third kappa shape index (κ3) is 3.37. The molecule has 0 amide bonds. The lowest BCUT2D eigenvalue weighted by atomic mass is 9.86. The topological polar surface area (TPSA) is 21.3 Å². The molecule has 2 nitrogen and oxygen atoms in total. The minimum absolute atomic E-state index is 0.480. The van der Waals surface area contributed by atoms with Crippen molar-refractivity contribution in [3.05, 3.63) is 27.2 Å². The second kappa shape index (κ2) is 6.95. The molecule has 0 bridgehead atoms. The molecule has 0 unspecified atom stereocenters. The highest BCUT2D eigenvalue weighted by atomic mass is 79.9. The van der Waals surface area contributed by atoms with Gasteiger partial charge in [-0.3, -0.25) is 0 Å². The number of piperidine rings is 1. The van der Waals surface area contributed by atoms with Crippen LogP contribution in [0.2, 0.25) is 0 Å². The molecule has 0 aromatic heterocycles. The Morgan fingerprint density at radius 3 is 2.55 bits per heavy atom. The number of ether oxygens (including phenoxy) is 1. The Hall–Kier alpha value is -0.540. The Bertz CT molecular complexity index is 465. The van der Waals surface area contributed by atoms with Crippen LogP contribution in [0.15, 0.2) is 10.5 Å². The molecule has 1 aromatic carbocycles. The summed E-state index contributed by atoms with van der Waals surface area (Å²) in [6, 6.07) is 2.23. The monoisotopic (exact) mass is 339 g/mol. The number of benzene rings is 1. The Labute approximate surface area is 131 Å². The number of rotatable bonds is 4. The predicted molar refractivity (Wildman–Crippen MR) is 88.8 cm³/mol. The molecule has 1 N–H and O–H groups in total. The summed E-state index contributed by atoms with van der Waals surface area (Å²) >= 11 is 3.73. The summed E-state index contributed by atoms with van der Waals surface area (Å²) in [6.07, 6.45) is 3.67. The van der Waals surface area contributed by atoms with Crippen LogP contribution in [0.5, 0.6) is 5.75 Å². The summed E-state index contributed by atoms with van der Waals surface area (Å²) < 4.78 is 6.99. The van der Waals surface area contributed by atoms with E-state index in [1.54, 1.807) is 7.11 Å². The van der Waals surface area contributed by atoms with Gasteiger partial charge in [-0.25, -0.2) is 0 Å². The van der Waals surface area contributed by atoms with Crippen LogP contribution in [-0.4, -0.2) is 20.2 Å². The second-order valence-corrected chi connectivity index (χ2v) is 6.99. The van der Waals surface area contributed by atoms with Gasteiger partial charge in [0.1, 0.15) is 5.75 Å². The molecule has 0 atom stereocenters. The van der Waals surface area contributed by atoms with Gasteiger partial charge in [-0.1, -0.05) is 29.8 Å². The highest BCUT2D eigenvalue weighted by Gasteiger charge is 2.21. The molecule has 112 valence electrons. The fourth-order valence-electron chi connectivity index (χ4n) is 3.09. The van der Waals surface area contributed by atoms with Crippen molar-refractivity contribution in [2.24, 2.45) is 5.92 Å². The lowest BCUT2D eigenvalue weighted by Gasteiger charge is -2.26. The number of hydrogen-bond donors (Lipinski definition) is 1. The number of nitrogens with one attached hydrogen (secondary N) is 1. The first-order valence-corrected chi connectivity index (χ1v) is 8.40. The van der Waals surface area contributed by atoms with Crippen molar-refractivity contribution in [3.8, 4) is 5.75 Å². The van der Waals surface area contributed by atoms with Crippen LogP contribution in [0, 0.1) is 12.8 Å². The lowest BCUT2D eigenvalue weighted by molar-refractivity contribution is 0.358. The van der Waals surface area contributed by atoms with Crippen LogP contribution in [0.1, 0.15) is 49.3 Å². The van der Waals surface area contributed by atoms with Gasteiger partial charge in [0.15, 0.2) is 0 Å². The van der Waals surface area contributed by atoms with E-state index in [4.69, 9.17) is 4.74 Å². The summed E-state index contributed by atoms with van der Waals surface area (Å²) in [7, 11) is 1.81. The highest BCUT2D eigenvalue weighted by molar-refractivity contribution is 9.10. The first-order chi connectivity index (χ1) is 9.54. The zero-order valence-electron chi connectivity index (χ0n) is 13.1. The van der Waals surface area contributed by atoms with Crippen LogP contribution in [-0.2, 0) is 6.42 Å². The Morgan fingerprint density at radius 2 is 2.00 bits per heavy atom. The van der Waals surface area contributed by atoms with Crippen LogP contribution in [0.25, 0.3) is 0 Å². The average Bonchev–Trinajstić information content (AvgIpc) is 2.44. The van der Waals surface area contributed by atoms with E-state index < -0.39 is 0 Å². The largest absolute Gasteiger partial charge is 0.496 e. The van der Waals surface area contributed by atoms with Gasteiger partial charge in [0.2, 0.25) is 0 Å². The third-order valence-corrected chi connectivity index (χ3v) is 5.23. The van der Waals surface area contributed by atoms with Gasteiger partial charge < -0.3 is 10.1 Å². The van der Waals surface area contributed by atoms with Crippen molar-refractivity contribution in [1.82, 2.24) is 5.32 Å². The Balaban J connectivity index is 2.38. The van der Waals surface area contributed by atoms with Crippen molar-refractivity contribution < 1.29 is 4.74 Å². The molecule has 0 saturated carbocycles. The first-order valence-electron chi connectivity index (χ1n) is 7.61. The zero-order valence-corrected chi connectivity index (χ0v) is 14.6. The van der Waals surface area contributed by atoms with Crippen molar-refractivity contribution in [2.75, 3.05) is 20.2 Å². The van der Waals surface area contributed by atoms with E-state index in [-0.39, 0.29) is 0 Å². The molecule has 1 saturated heterocycles. The molecule has 1 heterocycles. The molecule has 1 fully saturated rings. The molecule has 0 spiro atoms. The van der Waals surface area contributed by atoms with E-state index >= 15 is 0 Å². The van der Waals surface area contributed by atoms with Gasteiger partial charge in [-0.2, -0.15) is 0 Å². The molecule has 1 aromatic rings. The average molecular weight is 340 g/mol. The molecule has 20 heavy (non-hydrogen) atoms. The predicted octanol–water partition coefficient (Wildman–Crippen LogP) is 4.43. The lowest BCUT2D eigenvalue weighted by Crippen LogP contribution is -2.29. The minimum atomic E-state index is 0.480. The summed E-state index contributed by atoms with van der Waals surface area (Å²) in [5.41, 5.74) is 4.05. The van der Waals surface area contributed by atoms with Crippen molar-refractivity contribution in [1.29, 1.82) is 0 Å². The molecule has 0 aliphatic carbocycles. The van der Waals surface area contributed by atoms with Crippen molar-refractivity contribution in [2.45, 2.75) is 46.0 Å². The van der Waals surface area contributed by atoms with E-state index in [2.05, 4.69) is 48.1 Å². The van der Waals surface area contributed by atoms with Gasteiger partial charge in [0.05, 0.1) is 7.11 Å². The molecular weight excluding hydrogens is 314 g/mol. The molecule has 1 aliphatic rings. The van der Waals surface area contributed by atoms with Gasteiger partial charge in [-0.05, 0) is 73.9 Å². The summed E-state index contributed by atoms with van der Waals surface area (Å²) in [5.74, 6) is 2.37. The molecule has 1 aliphatic heterocycles. The smallest absolute Gasteiger partial charge is 0.125 e. The van der Waals surface area contributed by atoms with Crippen LogP contribution in [0.4, 0.5) is 0 Å². The summed E-state index contributed by atoms with van der Waals surface area (Å²) in [5, 5.41) is 3.44. The maximum atomic E-state index is 5.78. The quantitative estimate of drug-likeness (QED) is 0.875. The maximum Gasteiger partial charge on any atom is 0.125 e. The van der Waals surface area contributed by atoms with E-state index in [9.17, 15) is 0 Å². The van der Waals surface area contributed by atoms with Crippen molar-refractivity contribution >= 4 is 15.9 Å². The van der Waals surface area contributed by atoms with E-state index in [1.807, 2.05) is 0 Å². The Morgan fingerprint density at radius 1 is 1.35 bits per heavy atom.